The molecule has 0 atom stereocenters. The molecule has 1 amide bonds. The van der Waals surface area contributed by atoms with Crippen LogP contribution in [0.2, 0.25) is 0 Å². The van der Waals surface area contributed by atoms with Crippen molar-refractivity contribution in [1.82, 2.24) is 14.6 Å². The number of esters is 1. The lowest BCUT2D eigenvalue weighted by molar-refractivity contribution is -0.147. The molecule has 0 saturated carbocycles. The van der Waals surface area contributed by atoms with Crippen molar-refractivity contribution in [2.75, 3.05) is 19.8 Å². The van der Waals surface area contributed by atoms with E-state index >= 15 is 0 Å². The monoisotopic (exact) mass is 596 g/mol. The number of carbonyl (C=O) groups is 3. The number of aromatic nitrogens is 1. The van der Waals surface area contributed by atoms with Crippen LogP contribution in [0.3, 0.4) is 0 Å². The smallest absolute Gasteiger partial charge is 0.344 e. The Kier molecular flexibility index (Phi) is 8.80. The molecule has 11 nitrogen and oxygen atoms in total. The van der Waals surface area contributed by atoms with Gasteiger partial charge in [-0.25, -0.2) is 17.9 Å². The predicted molar refractivity (Wildman–Crippen MR) is 153 cm³/mol. The van der Waals surface area contributed by atoms with Gasteiger partial charge in [0, 0.05) is 35.6 Å². The van der Waals surface area contributed by atoms with Crippen molar-refractivity contribution >= 4 is 44.9 Å². The first-order valence-electron chi connectivity index (χ1n) is 12.4. The molecule has 4 rings (SSSR count). The number of amides is 1. The molecule has 214 valence electrons. The van der Waals surface area contributed by atoms with Crippen LogP contribution in [-0.2, 0) is 26.1 Å². The van der Waals surface area contributed by atoms with Crippen LogP contribution in [0.5, 0.6) is 5.75 Å². The van der Waals surface area contributed by atoms with Crippen molar-refractivity contribution in [3.63, 3.8) is 0 Å². The number of thiocarbonyl (C=S) groups is 1. The highest BCUT2D eigenvalue weighted by Crippen LogP contribution is 2.24. The number of carbonyl (C=O) groups excluding carboxylic acids is 3. The van der Waals surface area contributed by atoms with E-state index in [1.54, 1.807) is 32.0 Å². The van der Waals surface area contributed by atoms with E-state index in [4.69, 9.17) is 27.4 Å². The van der Waals surface area contributed by atoms with Gasteiger partial charge in [-0.05, 0) is 67.9 Å². The molecule has 0 saturated heterocycles. The lowest BCUT2D eigenvalue weighted by Crippen LogP contribution is -2.47. The number of rotatable bonds is 12. The molecule has 13 heteroatoms. The average molecular weight is 597 g/mol. The van der Waals surface area contributed by atoms with Crippen LogP contribution in [0.25, 0.3) is 0 Å². The van der Waals surface area contributed by atoms with Gasteiger partial charge in [-0.2, -0.15) is 0 Å². The van der Waals surface area contributed by atoms with Crippen LogP contribution < -0.4 is 15.2 Å². The standard InChI is InChI=1S/C28H28N4O7S2/c1-28(2,31-41(36,37)22-4-3-11-30-13-22)17-39-25(34)16-38-21-8-5-18(6-9-21)24(33)15-32-14-20-12-19(26(29)40)7-10-23(20)27(32)35/h3-13,31H,14-17H2,1-2H3,(H2,29,40). The van der Waals surface area contributed by atoms with Gasteiger partial charge in [-0.1, -0.05) is 18.3 Å². The summed E-state index contributed by atoms with van der Waals surface area (Å²) in [7, 11) is -3.86. The number of fused-ring (bicyclic) bond motifs is 1. The Morgan fingerprint density at radius 2 is 1.83 bits per heavy atom. The van der Waals surface area contributed by atoms with Gasteiger partial charge in [0.25, 0.3) is 5.91 Å². The maximum Gasteiger partial charge on any atom is 0.344 e. The van der Waals surface area contributed by atoms with E-state index in [1.807, 2.05) is 0 Å². The highest BCUT2D eigenvalue weighted by molar-refractivity contribution is 7.89. The Hall–Kier alpha value is -4.20. The SMILES string of the molecule is CC(C)(COC(=O)COc1ccc(C(=O)CN2Cc3cc(C(N)=S)ccc3C2=O)cc1)NS(=O)(=O)c1cccnc1. The van der Waals surface area contributed by atoms with E-state index in [1.165, 1.54) is 53.7 Å². The summed E-state index contributed by atoms with van der Waals surface area (Å²) in [6.07, 6.45) is 2.68. The maximum atomic E-state index is 12.8. The van der Waals surface area contributed by atoms with Crippen molar-refractivity contribution < 1.29 is 32.3 Å². The van der Waals surface area contributed by atoms with E-state index in [0.717, 1.165) is 5.56 Å². The van der Waals surface area contributed by atoms with E-state index in [-0.39, 0.29) is 41.3 Å². The molecule has 3 aromatic rings. The minimum atomic E-state index is -3.86. The third kappa shape index (κ3) is 7.51. The third-order valence-electron chi connectivity index (χ3n) is 6.09. The number of Topliss-reactive ketones (excluding diaryl/α,β-unsaturated/α-hetero) is 1. The molecule has 1 aliphatic heterocycles. The first kappa shape index (κ1) is 29.8. The van der Waals surface area contributed by atoms with Gasteiger partial charge in [0.05, 0.1) is 12.1 Å². The molecule has 3 N–H and O–H groups in total. The topological polar surface area (TPSA) is 158 Å². The molecule has 1 aromatic heterocycles. The first-order valence-corrected chi connectivity index (χ1v) is 14.3. The van der Waals surface area contributed by atoms with Gasteiger partial charge in [0.15, 0.2) is 12.4 Å². The summed E-state index contributed by atoms with van der Waals surface area (Å²) in [5.74, 6) is -0.883. The van der Waals surface area contributed by atoms with Crippen molar-refractivity contribution in [3.8, 4) is 5.75 Å². The van der Waals surface area contributed by atoms with Gasteiger partial charge >= 0.3 is 5.97 Å². The molecule has 0 bridgehead atoms. The third-order valence-corrected chi connectivity index (χ3v) is 8.00. The summed E-state index contributed by atoms with van der Waals surface area (Å²) in [5.41, 5.74) is 6.89. The van der Waals surface area contributed by atoms with Crippen LogP contribution >= 0.6 is 12.2 Å². The minimum absolute atomic E-state index is 0.00647. The second kappa shape index (κ2) is 12.1. The van der Waals surface area contributed by atoms with Gasteiger partial charge < -0.3 is 20.1 Å². The number of nitrogens with one attached hydrogen (secondary N) is 1. The summed E-state index contributed by atoms with van der Waals surface area (Å²) in [4.78, 5) is 43.2. The molecule has 0 radical (unpaired) electrons. The number of ketones is 1. The number of hydrogen-bond donors (Lipinski definition) is 2. The second-order valence-electron chi connectivity index (χ2n) is 9.97. The highest BCUT2D eigenvalue weighted by atomic mass is 32.2. The van der Waals surface area contributed by atoms with Crippen LogP contribution in [0.4, 0.5) is 0 Å². The van der Waals surface area contributed by atoms with E-state index in [0.29, 0.717) is 22.4 Å². The first-order chi connectivity index (χ1) is 19.3. The van der Waals surface area contributed by atoms with Gasteiger partial charge in [-0.3, -0.25) is 14.6 Å². The molecule has 0 fully saturated rings. The second-order valence-corrected chi connectivity index (χ2v) is 12.1. The number of nitrogens with zero attached hydrogens (tertiary/aromatic N) is 2. The number of benzene rings is 2. The van der Waals surface area contributed by atoms with Gasteiger partial charge in [0.2, 0.25) is 10.0 Å². The zero-order valence-corrected chi connectivity index (χ0v) is 24.0. The largest absolute Gasteiger partial charge is 0.482 e. The molecular formula is C28H28N4O7S2. The van der Waals surface area contributed by atoms with Crippen molar-refractivity contribution in [3.05, 3.63) is 89.2 Å². The van der Waals surface area contributed by atoms with Crippen LogP contribution in [0, 0.1) is 0 Å². The number of sulfonamides is 1. The normalized spacial score (nSPS) is 13.0. The molecule has 1 aliphatic rings. The van der Waals surface area contributed by atoms with Crippen LogP contribution in [-0.4, -0.2) is 66.2 Å². The van der Waals surface area contributed by atoms with E-state index < -0.39 is 28.1 Å². The van der Waals surface area contributed by atoms with Gasteiger partial charge in [-0.15, -0.1) is 0 Å². The highest BCUT2D eigenvalue weighted by Gasteiger charge is 2.30. The Balaban J connectivity index is 1.24. The number of hydrogen-bond acceptors (Lipinski definition) is 9. The Labute approximate surface area is 242 Å². The van der Waals surface area contributed by atoms with E-state index in [2.05, 4.69) is 9.71 Å². The summed E-state index contributed by atoms with van der Waals surface area (Å²) >= 11 is 4.99. The van der Waals surface area contributed by atoms with Gasteiger partial charge in [0.1, 0.15) is 22.2 Å². The van der Waals surface area contributed by atoms with Crippen molar-refractivity contribution in [2.24, 2.45) is 5.73 Å². The fourth-order valence-corrected chi connectivity index (χ4v) is 5.56. The van der Waals surface area contributed by atoms with Crippen molar-refractivity contribution in [1.29, 1.82) is 0 Å². The van der Waals surface area contributed by atoms with Crippen LogP contribution in [0.1, 0.15) is 45.7 Å². The van der Waals surface area contributed by atoms with E-state index in [9.17, 15) is 22.8 Å². The molecule has 0 spiro atoms. The number of ether oxygens (including phenoxy) is 2. The lowest BCUT2D eigenvalue weighted by atomic mass is 10.1. The van der Waals surface area contributed by atoms with Crippen LogP contribution in [0.15, 0.2) is 71.9 Å². The number of nitrogens with two attached hydrogens (primary N) is 1. The maximum absolute atomic E-state index is 12.8. The lowest BCUT2D eigenvalue weighted by Gasteiger charge is -2.25. The fraction of sp³-hybridized carbons (Fsp3) is 0.250. The Morgan fingerprint density at radius 1 is 1.12 bits per heavy atom. The molecule has 0 unspecified atom stereocenters. The molecule has 0 aliphatic carbocycles. The minimum Gasteiger partial charge on any atom is -0.482 e. The van der Waals surface area contributed by atoms with Crippen molar-refractivity contribution in [2.45, 2.75) is 30.8 Å². The number of pyridine rings is 1. The molecule has 2 heterocycles. The summed E-state index contributed by atoms with van der Waals surface area (Å²) < 4.78 is 38.1. The fourth-order valence-electron chi connectivity index (χ4n) is 4.07. The molecular weight excluding hydrogens is 568 g/mol. The summed E-state index contributed by atoms with van der Waals surface area (Å²) in [5, 5.41) is 0. The zero-order valence-electron chi connectivity index (χ0n) is 22.3. The molecule has 41 heavy (non-hydrogen) atoms. The Morgan fingerprint density at radius 3 is 2.49 bits per heavy atom. The Bertz CT molecular complexity index is 1590. The quantitative estimate of drug-likeness (QED) is 0.180. The molecule has 2 aromatic carbocycles. The predicted octanol–water partition coefficient (Wildman–Crippen LogP) is 2.23. The summed E-state index contributed by atoms with van der Waals surface area (Å²) in [6, 6.07) is 14.2. The summed E-state index contributed by atoms with van der Waals surface area (Å²) in [6.45, 7) is 2.66. The average Bonchev–Trinajstić information content (AvgIpc) is 3.25. The zero-order chi connectivity index (χ0) is 29.8.